The second-order valence-electron chi connectivity index (χ2n) is 7.89. The van der Waals surface area contributed by atoms with Crippen molar-refractivity contribution < 1.29 is 4.39 Å². The van der Waals surface area contributed by atoms with Crippen molar-refractivity contribution in [2.24, 2.45) is 0 Å². The first-order valence-electron chi connectivity index (χ1n) is 10.8. The molecule has 0 fully saturated rings. The van der Waals surface area contributed by atoms with E-state index in [-0.39, 0.29) is 11.9 Å². The number of allylic oxidation sites excluding steroid dienone is 7. The van der Waals surface area contributed by atoms with Gasteiger partial charge in [0.15, 0.2) is 0 Å². The van der Waals surface area contributed by atoms with Gasteiger partial charge in [0.05, 0.1) is 0 Å². The lowest BCUT2D eigenvalue weighted by molar-refractivity contribution is 0.286. The van der Waals surface area contributed by atoms with Gasteiger partial charge in [-0.1, -0.05) is 66.8 Å². The van der Waals surface area contributed by atoms with Crippen molar-refractivity contribution in [3.8, 4) is 0 Å². The lowest BCUT2D eigenvalue weighted by Crippen LogP contribution is -2.23. The van der Waals surface area contributed by atoms with Crippen LogP contribution in [0.15, 0.2) is 90.6 Å². The zero-order valence-electron chi connectivity index (χ0n) is 18.4. The molecule has 3 rings (SSSR count). The molecule has 1 aliphatic rings. The largest absolute Gasteiger partial charge is 0.398 e. The van der Waals surface area contributed by atoms with Crippen LogP contribution in [0.5, 0.6) is 0 Å². The van der Waals surface area contributed by atoms with E-state index in [0.717, 1.165) is 42.9 Å². The second kappa shape index (κ2) is 11.4. The molecule has 2 aromatic rings. The Bertz CT molecular complexity index is 970. The minimum absolute atomic E-state index is 0.214. The third kappa shape index (κ3) is 7.06. The summed E-state index contributed by atoms with van der Waals surface area (Å²) in [4.78, 5) is 2.32. The molecule has 31 heavy (non-hydrogen) atoms. The first kappa shape index (κ1) is 22.7. The van der Waals surface area contributed by atoms with Gasteiger partial charge in [0.2, 0.25) is 0 Å². The number of halogens is 1. The van der Waals surface area contributed by atoms with Crippen LogP contribution in [0.4, 0.5) is 10.1 Å². The maximum atomic E-state index is 13.3. The highest BCUT2D eigenvalue weighted by Gasteiger charge is 2.11. The maximum Gasteiger partial charge on any atom is 0.123 e. The number of nitrogen functional groups attached to an aromatic ring is 1. The topological polar surface area (TPSA) is 41.3 Å². The third-order valence-electron chi connectivity index (χ3n) is 5.52. The van der Waals surface area contributed by atoms with E-state index >= 15 is 0 Å². The molecule has 0 spiro atoms. The van der Waals surface area contributed by atoms with E-state index in [9.17, 15) is 4.39 Å². The molecule has 1 atom stereocenters. The number of hydrogen-bond acceptors (Lipinski definition) is 3. The Balaban J connectivity index is 1.75. The fraction of sp³-hybridized carbons (Fsp3) is 0.259. The molecule has 3 N–H and O–H groups in total. The molecule has 0 saturated carbocycles. The van der Waals surface area contributed by atoms with Crippen LogP contribution < -0.4 is 11.1 Å². The van der Waals surface area contributed by atoms with Crippen LogP contribution in [0.1, 0.15) is 36.1 Å². The molecule has 4 heteroatoms. The molecule has 0 amide bonds. The molecule has 0 bridgehead atoms. The van der Waals surface area contributed by atoms with Crippen molar-refractivity contribution in [2.75, 3.05) is 19.3 Å². The predicted molar refractivity (Wildman–Crippen MR) is 129 cm³/mol. The van der Waals surface area contributed by atoms with E-state index in [1.54, 1.807) is 0 Å². The molecular weight excluding hydrogens is 385 g/mol. The average molecular weight is 418 g/mol. The molecule has 0 aromatic heterocycles. The molecule has 2 aromatic carbocycles. The first-order valence-corrected chi connectivity index (χ1v) is 10.8. The average Bonchev–Trinajstić information content (AvgIpc) is 3.05. The van der Waals surface area contributed by atoms with Gasteiger partial charge in [-0.25, -0.2) is 4.39 Å². The number of rotatable bonds is 9. The molecule has 1 unspecified atom stereocenters. The molecule has 0 aliphatic heterocycles. The number of anilines is 1. The van der Waals surface area contributed by atoms with Crippen molar-refractivity contribution in [2.45, 2.75) is 32.5 Å². The van der Waals surface area contributed by atoms with E-state index in [0.29, 0.717) is 0 Å². The summed E-state index contributed by atoms with van der Waals surface area (Å²) in [6.45, 7) is 4.32. The van der Waals surface area contributed by atoms with Gasteiger partial charge in [-0.2, -0.15) is 0 Å². The van der Waals surface area contributed by atoms with Gasteiger partial charge in [-0.15, -0.1) is 0 Å². The van der Waals surface area contributed by atoms with Gasteiger partial charge >= 0.3 is 0 Å². The number of nitrogens with one attached hydrogen (secondary N) is 1. The number of nitrogens with zero attached hydrogens (tertiary/aromatic N) is 1. The van der Waals surface area contributed by atoms with Crippen molar-refractivity contribution in [3.05, 3.63) is 113 Å². The van der Waals surface area contributed by atoms with Gasteiger partial charge in [0, 0.05) is 31.4 Å². The summed E-state index contributed by atoms with van der Waals surface area (Å²) < 4.78 is 13.3. The maximum absolute atomic E-state index is 13.3. The Morgan fingerprint density at radius 1 is 1.13 bits per heavy atom. The van der Waals surface area contributed by atoms with Crippen LogP contribution in [-0.4, -0.2) is 18.5 Å². The number of nitrogens with two attached hydrogens (primary N) is 1. The standard InChI is InChI=1S/C27H32FN3/c1-21(30-2)24-13-14-25(27(29)18-24)20-31(19-23-11-15-26(28)16-12-23)17-7-10-22-8-5-3-4-6-9-22/h3-5,7-16,18,21,30H,6,17,19-20,29H2,1-2H3/b10-7+. The van der Waals surface area contributed by atoms with Gasteiger partial charge in [0.25, 0.3) is 0 Å². The Kier molecular flexibility index (Phi) is 8.39. The van der Waals surface area contributed by atoms with Crippen LogP contribution in [0.3, 0.4) is 0 Å². The highest BCUT2D eigenvalue weighted by Crippen LogP contribution is 2.22. The monoisotopic (exact) mass is 417 g/mol. The first-order chi connectivity index (χ1) is 15.0. The fourth-order valence-corrected chi connectivity index (χ4v) is 3.52. The van der Waals surface area contributed by atoms with E-state index in [4.69, 9.17) is 5.73 Å². The van der Waals surface area contributed by atoms with Gasteiger partial charge in [-0.3, -0.25) is 4.90 Å². The van der Waals surface area contributed by atoms with E-state index in [2.05, 4.69) is 77.9 Å². The summed E-state index contributed by atoms with van der Waals surface area (Å²) >= 11 is 0. The molecule has 0 saturated heterocycles. The molecule has 0 radical (unpaired) electrons. The molecule has 162 valence electrons. The lowest BCUT2D eigenvalue weighted by Gasteiger charge is -2.23. The van der Waals surface area contributed by atoms with Crippen molar-refractivity contribution in [3.63, 3.8) is 0 Å². The smallest absolute Gasteiger partial charge is 0.123 e. The summed E-state index contributed by atoms with van der Waals surface area (Å²) in [6.07, 6.45) is 15.9. The summed E-state index contributed by atoms with van der Waals surface area (Å²) in [5, 5.41) is 3.25. The third-order valence-corrected chi connectivity index (χ3v) is 5.52. The van der Waals surface area contributed by atoms with Crippen LogP contribution in [0.2, 0.25) is 0 Å². The van der Waals surface area contributed by atoms with Crippen molar-refractivity contribution >= 4 is 5.69 Å². The SMILES string of the molecule is CNC(C)c1ccc(CN(C/C=C/C2=CCC=CC=C2)Cc2ccc(F)cc2)c(N)c1. The number of benzene rings is 2. The number of hydrogen-bond donors (Lipinski definition) is 2. The van der Waals surface area contributed by atoms with E-state index in [1.165, 1.54) is 23.3 Å². The highest BCUT2D eigenvalue weighted by molar-refractivity contribution is 5.50. The summed E-state index contributed by atoms with van der Waals surface area (Å²) in [6, 6.07) is 13.3. The molecule has 0 heterocycles. The van der Waals surface area contributed by atoms with E-state index in [1.807, 2.05) is 19.2 Å². The Labute approximate surface area is 185 Å². The Morgan fingerprint density at radius 2 is 1.94 bits per heavy atom. The Hall–Kier alpha value is -2.95. The quantitative estimate of drug-likeness (QED) is 0.515. The molecule has 1 aliphatic carbocycles. The zero-order chi connectivity index (χ0) is 22.1. The van der Waals surface area contributed by atoms with Gasteiger partial charge < -0.3 is 11.1 Å². The Morgan fingerprint density at radius 3 is 2.68 bits per heavy atom. The van der Waals surface area contributed by atoms with Crippen LogP contribution in [0.25, 0.3) is 0 Å². The fourth-order valence-electron chi connectivity index (χ4n) is 3.52. The summed E-state index contributed by atoms with van der Waals surface area (Å²) in [5.41, 5.74) is 11.7. The second-order valence-corrected chi connectivity index (χ2v) is 7.89. The van der Waals surface area contributed by atoms with Gasteiger partial charge in [0.1, 0.15) is 5.82 Å². The van der Waals surface area contributed by atoms with Crippen LogP contribution in [-0.2, 0) is 13.1 Å². The van der Waals surface area contributed by atoms with E-state index < -0.39 is 0 Å². The zero-order valence-corrected chi connectivity index (χ0v) is 18.4. The van der Waals surface area contributed by atoms with Crippen LogP contribution in [0, 0.1) is 5.82 Å². The molecular formula is C27H32FN3. The summed E-state index contributed by atoms with van der Waals surface area (Å²) in [5.74, 6) is -0.214. The molecule has 3 nitrogen and oxygen atoms in total. The lowest BCUT2D eigenvalue weighted by atomic mass is 10.0. The summed E-state index contributed by atoms with van der Waals surface area (Å²) in [7, 11) is 1.94. The normalized spacial score (nSPS) is 14.8. The van der Waals surface area contributed by atoms with Crippen molar-refractivity contribution in [1.29, 1.82) is 0 Å². The highest BCUT2D eigenvalue weighted by atomic mass is 19.1. The predicted octanol–water partition coefficient (Wildman–Crippen LogP) is 5.69. The van der Waals surface area contributed by atoms with Crippen LogP contribution >= 0.6 is 0 Å². The minimum atomic E-state index is -0.214. The minimum Gasteiger partial charge on any atom is -0.398 e. The van der Waals surface area contributed by atoms with Crippen molar-refractivity contribution in [1.82, 2.24) is 10.2 Å². The van der Waals surface area contributed by atoms with Gasteiger partial charge in [-0.05, 0) is 60.9 Å².